The molecule has 0 saturated heterocycles. The molecule has 0 atom stereocenters. The first kappa shape index (κ1) is 7.65. The number of rotatable bonds is 3. The van der Waals surface area contributed by atoms with Crippen molar-refractivity contribution in [3.63, 3.8) is 0 Å². The molecule has 0 rings (SSSR count). The lowest BCUT2D eigenvalue weighted by molar-refractivity contribution is 1.77. The molecule has 0 aliphatic carbocycles. The van der Waals surface area contributed by atoms with Gasteiger partial charge in [-0.1, -0.05) is 12.0 Å². The average molecular weight is 126 g/mol. The van der Waals surface area contributed by atoms with Crippen molar-refractivity contribution in [2.75, 3.05) is 11.5 Å². The number of thioether (sulfide) groups is 1. The minimum absolute atomic E-state index is 0.933. The van der Waals surface area contributed by atoms with Crippen molar-refractivity contribution in [1.29, 1.82) is 0 Å². The minimum atomic E-state index is 0.933. The first-order valence-electron chi connectivity index (χ1n) is 2.50. The average Bonchev–Trinajstić information content (AvgIpc) is 1.81. The third kappa shape index (κ3) is 5.65. The Bertz CT molecular complexity index is 105. The molecule has 1 heteroatoms. The van der Waals surface area contributed by atoms with E-state index in [1.807, 2.05) is 13.0 Å². The van der Waals surface area contributed by atoms with E-state index >= 15 is 0 Å². The molecule has 0 nitrogen and oxygen atoms in total. The van der Waals surface area contributed by atoms with Gasteiger partial charge in [0.05, 0.1) is 5.75 Å². The molecule has 0 radical (unpaired) electrons. The SMILES string of the molecule is C=CCSCC#CC. The summed E-state index contributed by atoms with van der Waals surface area (Å²) in [5.41, 5.74) is 0. The van der Waals surface area contributed by atoms with Gasteiger partial charge < -0.3 is 0 Å². The molecule has 8 heavy (non-hydrogen) atoms. The maximum atomic E-state index is 3.59. The van der Waals surface area contributed by atoms with Crippen LogP contribution in [0.3, 0.4) is 0 Å². The third-order valence-electron chi connectivity index (χ3n) is 0.587. The Kier molecular flexibility index (Phi) is 6.36. The largest absolute Gasteiger partial charge is 0.145 e. The van der Waals surface area contributed by atoms with Gasteiger partial charge in [0.2, 0.25) is 0 Å². The quantitative estimate of drug-likeness (QED) is 0.316. The smallest absolute Gasteiger partial charge is 0.0550 e. The van der Waals surface area contributed by atoms with Gasteiger partial charge in [-0.25, -0.2) is 0 Å². The third-order valence-corrected chi connectivity index (χ3v) is 1.41. The van der Waals surface area contributed by atoms with Crippen LogP contribution in [0, 0.1) is 11.8 Å². The Morgan fingerprint density at radius 3 is 3.00 bits per heavy atom. The van der Waals surface area contributed by atoms with E-state index in [0.29, 0.717) is 0 Å². The number of hydrogen-bond acceptors (Lipinski definition) is 1. The van der Waals surface area contributed by atoms with Crippen molar-refractivity contribution < 1.29 is 0 Å². The van der Waals surface area contributed by atoms with Crippen LogP contribution in [0.5, 0.6) is 0 Å². The summed E-state index contributed by atoms with van der Waals surface area (Å²) in [4.78, 5) is 0. The summed E-state index contributed by atoms with van der Waals surface area (Å²) in [5, 5.41) is 0. The van der Waals surface area contributed by atoms with Crippen LogP contribution in [-0.4, -0.2) is 11.5 Å². The summed E-state index contributed by atoms with van der Waals surface area (Å²) in [5.74, 6) is 7.71. The van der Waals surface area contributed by atoms with E-state index in [1.165, 1.54) is 0 Å². The maximum absolute atomic E-state index is 3.59. The summed E-state index contributed by atoms with van der Waals surface area (Å²) in [6, 6.07) is 0. The molecule has 0 unspecified atom stereocenters. The van der Waals surface area contributed by atoms with Crippen molar-refractivity contribution in [3.05, 3.63) is 12.7 Å². The van der Waals surface area contributed by atoms with Crippen molar-refractivity contribution in [1.82, 2.24) is 0 Å². The Labute approximate surface area is 55.4 Å². The molecular formula is C7H10S. The predicted molar refractivity (Wildman–Crippen MR) is 41.0 cm³/mol. The van der Waals surface area contributed by atoms with Gasteiger partial charge in [0.1, 0.15) is 0 Å². The van der Waals surface area contributed by atoms with Crippen LogP contribution in [0.1, 0.15) is 6.92 Å². The molecule has 0 aromatic carbocycles. The second kappa shape index (κ2) is 6.65. The van der Waals surface area contributed by atoms with Crippen LogP contribution in [0.2, 0.25) is 0 Å². The molecule has 0 saturated carbocycles. The molecule has 44 valence electrons. The van der Waals surface area contributed by atoms with Crippen LogP contribution in [-0.2, 0) is 0 Å². The highest BCUT2D eigenvalue weighted by atomic mass is 32.2. The van der Waals surface area contributed by atoms with E-state index in [9.17, 15) is 0 Å². The lowest BCUT2D eigenvalue weighted by Crippen LogP contribution is -1.71. The first-order chi connectivity index (χ1) is 3.91. The molecule has 0 amide bonds. The van der Waals surface area contributed by atoms with Crippen LogP contribution >= 0.6 is 11.8 Å². The van der Waals surface area contributed by atoms with Gasteiger partial charge in [-0.05, 0) is 6.92 Å². The molecule has 0 aromatic rings. The van der Waals surface area contributed by atoms with Gasteiger partial charge in [0, 0.05) is 5.75 Å². The van der Waals surface area contributed by atoms with E-state index in [0.717, 1.165) is 11.5 Å². The maximum Gasteiger partial charge on any atom is 0.0550 e. The van der Waals surface area contributed by atoms with Crippen LogP contribution in [0.15, 0.2) is 12.7 Å². The number of hydrogen-bond donors (Lipinski definition) is 0. The molecule has 0 heterocycles. The predicted octanol–water partition coefficient (Wildman–Crippen LogP) is 1.93. The zero-order valence-corrected chi connectivity index (χ0v) is 5.92. The van der Waals surface area contributed by atoms with Gasteiger partial charge in [-0.2, -0.15) is 0 Å². The summed E-state index contributed by atoms with van der Waals surface area (Å²) >= 11 is 1.79. The molecule has 0 aromatic heterocycles. The fourth-order valence-corrected chi connectivity index (χ4v) is 0.796. The van der Waals surface area contributed by atoms with Crippen LogP contribution in [0.25, 0.3) is 0 Å². The highest BCUT2D eigenvalue weighted by molar-refractivity contribution is 7.99. The molecule has 0 aliphatic rings. The van der Waals surface area contributed by atoms with E-state index in [4.69, 9.17) is 0 Å². The van der Waals surface area contributed by atoms with Crippen LogP contribution in [0.4, 0.5) is 0 Å². The molecule has 0 aliphatic heterocycles. The molecule has 0 bridgehead atoms. The van der Waals surface area contributed by atoms with Gasteiger partial charge in [-0.3, -0.25) is 0 Å². The highest BCUT2D eigenvalue weighted by Crippen LogP contribution is 1.96. The fourth-order valence-electron chi connectivity index (χ4n) is 0.265. The lowest BCUT2D eigenvalue weighted by atomic mass is 10.7. The second-order valence-corrected chi connectivity index (χ2v) is 2.26. The molecule has 0 spiro atoms. The monoisotopic (exact) mass is 126 g/mol. The molecule has 0 N–H and O–H groups in total. The van der Waals surface area contributed by atoms with Crippen molar-refractivity contribution >= 4 is 11.8 Å². The van der Waals surface area contributed by atoms with Crippen molar-refractivity contribution in [2.45, 2.75) is 6.92 Å². The summed E-state index contributed by atoms with van der Waals surface area (Å²) in [6.45, 7) is 5.44. The molecule has 0 fully saturated rings. The lowest BCUT2D eigenvalue weighted by Gasteiger charge is -1.83. The Balaban J connectivity index is 2.89. The van der Waals surface area contributed by atoms with Gasteiger partial charge in [-0.15, -0.1) is 24.3 Å². The Morgan fingerprint density at radius 1 is 1.75 bits per heavy atom. The van der Waals surface area contributed by atoms with E-state index < -0.39 is 0 Å². The van der Waals surface area contributed by atoms with Crippen molar-refractivity contribution in [3.8, 4) is 11.8 Å². The summed E-state index contributed by atoms with van der Waals surface area (Å²) < 4.78 is 0. The zero-order chi connectivity index (χ0) is 6.24. The standard InChI is InChI=1S/C7H10S/c1-3-5-7-8-6-4-2/h4H,2,6-7H2,1H3. The summed E-state index contributed by atoms with van der Waals surface area (Å²) in [7, 11) is 0. The first-order valence-corrected chi connectivity index (χ1v) is 3.65. The normalized spacial score (nSPS) is 7.12. The fraction of sp³-hybridized carbons (Fsp3) is 0.429. The second-order valence-electron chi connectivity index (χ2n) is 1.23. The van der Waals surface area contributed by atoms with Gasteiger partial charge >= 0.3 is 0 Å². The van der Waals surface area contributed by atoms with Crippen molar-refractivity contribution in [2.24, 2.45) is 0 Å². The summed E-state index contributed by atoms with van der Waals surface area (Å²) in [6.07, 6.45) is 1.89. The van der Waals surface area contributed by atoms with Gasteiger partial charge in [0.15, 0.2) is 0 Å². The van der Waals surface area contributed by atoms with E-state index in [2.05, 4.69) is 18.4 Å². The van der Waals surface area contributed by atoms with Crippen LogP contribution < -0.4 is 0 Å². The topological polar surface area (TPSA) is 0 Å². The minimum Gasteiger partial charge on any atom is -0.145 e. The Morgan fingerprint density at radius 2 is 2.50 bits per heavy atom. The highest BCUT2D eigenvalue weighted by Gasteiger charge is 1.74. The van der Waals surface area contributed by atoms with E-state index in [1.54, 1.807) is 11.8 Å². The molecular weight excluding hydrogens is 116 g/mol. The van der Waals surface area contributed by atoms with E-state index in [-0.39, 0.29) is 0 Å². The van der Waals surface area contributed by atoms with Gasteiger partial charge in [0.25, 0.3) is 0 Å². The zero-order valence-electron chi connectivity index (χ0n) is 5.11. The Hall–Kier alpha value is -0.350.